The SMILES string of the molecule is Cc1ccc(-c2nc(N)nc3sccc23)cc1F. The van der Waals surface area contributed by atoms with E-state index in [0.29, 0.717) is 11.3 Å². The molecule has 0 saturated carbocycles. The van der Waals surface area contributed by atoms with Crippen molar-refractivity contribution in [3.05, 3.63) is 41.0 Å². The average molecular weight is 259 g/mol. The van der Waals surface area contributed by atoms with Crippen molar-refractivity contribution in [2.24, 2.45) is 0 Å². The summed E-state index contributed by atoms with van der Waals surface area (Å²) in [7, 11) is 0. The lowest BCUT2D eigenvalue weighted by molar-refractivity contribution is 0.619. The lowest BCUT2D eigenvalue weighted by Crippen LogP contribution is -1.97. The van der Waals surface area contributed by atoms with Crippen molar-refractivity contribution >= 4 is 27.5 Å². The highest BCUT2D eigenvalue weighted by molar-refractivity contribution is 7.16. The number of nitrogen functional groups attached to an aromatic ring is 1. The summed E-state index contributed by atoms with van der Waals surface area (Å²) in [4.78, 5) is 9.19. The molecule has 5 heteroatoms. The maximum absolute atomic E-state index is 13.6. The van der Waals surface area contributed by atoms with Crippen LogP contribution in [0.15, 0.2) is 29.6 Å². The summed E-state index contributed by atoms with van der Waals surface area (Å²) in [6, 6.07) is 6.99. The summed E-state index contributed by atoms with van der Waals surface area (Å²) in [5.74, 6) is -0.0333. The van der Waals surface area contributed by atoms with Gasteiger partial charge in [0.2, 0.25) is 5.95 Å². The van der Waals surface area contributed by atoms with E-state index < -0.39 is 0 Å². The Morgan fingerprint density at radius 3 is 2.83 bits per heavy atom. The van der Waals surface area contributed by atoms with Gasteiger partial charge in [-0.2, -0.15) is 0 Å². The Kier molecular flexibility index (Phi) is 2.48. The number of thiophene rings is 1. The summed E-state index contributed by atoms with van der Waals surface area (Å²) < 4.78 is 13.6. The second kappa shape index (κ2) is 4.03. The van der Waals surface area contributed by atoms with Crippen molar-refractivity contribution in [2.45, 2.75) is 6.92 Å². The van der Waals surface area contributed by atoms with Crippen molar-refractivity contribution in [1.82, 2.24) is 9.97 Å². The van der Waals surface area contributed by atoms with E-state index in [2.05, 4.69) is 9.97 Å². The molecule has 0 amide bonds. The molecule has 2 N–H and O–H groups in total. The number of hydrogen-bond acceptors (Lipinski definition) is 4. The third-order valence-electron chi connectivity index (χ3n) is 2.79. The molecule has 2 aromatic heterocycles. The molecule has 18 heavy (non-hydrogen) atoms. The van der Waals surface area contributed by atoms with E-state index in [9.17, 15) is 4.39 Å². The first kappa shape index (κ1) is 11.1. The number of aromatic nitrogens is 2. The van der Waals surface area contributed by atoms with Crippen LogP contribution in [0.4, 0.5) is 10.3 Å². The molecule has 3 rings (SSSR count). The lowest BCUT2D eigenvalue weighted by atomic mass is 10.1. The number of hydrogen-bond donors (Lipinski definition) is 1. The van der Waals surface area contributed by atoms with Crippen LogP contribution in [-0.2, 0) is 0 Å². The molecule has 0 saturated heterocycles. The quantitative estimate of drug-likeness (QED) is 0.728. The van der Waals surface area contributed by atoms with Crippen LogP contribution in [0.25, 0.3) is 21.5 Å². The number of rotatable bonds is 1. The Bertz CT molecular complexity index is 736. The van der Waals surface area contributed by atoms with Gasteiger partial charge >= 0.3 is 0 Å². The van der Waals surface area contributed by atoms with Crippen LogP contribution in [0.5, 0.6) is 0 Å². The molecule has 2 heterocycles. The van der Waals surface area contributed by atoms with Crippen LogP contribution in [0.3, 0.4) is 0 Å². The fourth-order valence-corrected chi connectivity index (χ4v) is 2.60. The van der Waals surface area contributed by atoms with Gasteiger partial charge in [0.05, 0.1) is 5.69 Å². The van der Waals surface area contributed by atoms with Crippen LogP contribution in [0, 0.1) is 12.7 Å². The zero-order chi connectivity index (χ0) is 12.7. The Morgan fingerprint density at radius 1 is 1.22 bits per heavy atom. The van der Waals surface area contributed by atoms with Crippen molar-refractivity contribution in [3.63, 3.8) is 0 Å². The van der Waals surface area contributed by atoms with E-state index in [-0.39, 0.29) is 11.8 Å². The van der Waals surface area contributed by atoms with Gasteiger partial charge in [0.25, 0.3) is 0 Å². The van der Waals surface area contributed by atoms with Gasteiger partial charge in [0, 0.05) is 10.9 Å². The summed E-state index contributed by atoms with van der Waals surface area (Å²) in [5, 5.41) is 2.82. The summed E-state index contributed by atoms with van der Waals surface area (Å²) in [6.07, 6.45) is 0. The molecule has 0 bridgehead atoms. The molecule has 3 nitrogen and oxygen atoms in total. The maximum Gasteiger partial charge on any atom is 0.221 e. The lowest BCUT2D eigenvalue weighted by Gasteiger charge is -2.05. The molecule has 0 atom stereocenters. The van der Waals surface area contributed by atoms with Gasteiger partial charge in [-0.3, -0.25) is 0 Å². The first-order valence-corrected chi connectivity index (χ1v) is 6.30. The van der Waals surface area contributed by atoms with Gasteiger partial charge in [0.1, 0.15) is 10.6 Å². The molecule has 0 fully saturated rings. The van der Waals surface area contributed by atoms with E-state index in [1.165, 1.54) is 17.4 Å². The molecule has 3 aromatic rings. The molecule has 0 aliphatic rings. The second-order valence-corrected chi connectivity index (χ2v) is 4.93. The second-order valence-electron chi connectivity index (χ2n) is 4.03. The van der Waals surface area contributed by atoms with Gasteiger partial charge in [-0.1, -0.05) is 12.1 Å². The van der Waals surface area contributed by atoms with Gasteiger partial charge < -0.3 is 5.73 Å². The summed E-state index contributed by atoms with van der Waals surface area (Å²) in [5.41, 5.74) is 7.69. The van der Waals surface area contributed by atoms with Crippen LogP contribution in [-0.4, -0.2) is 9.97 Å². The Morgan fingerprint density at radius 2 is 2.06 bits per heavy atom. The van der Waals surface area contributed by atoms with Gasteiger partial charge in [-0.25, -0.2) is 14.4 Å². The predicted octanol–water partition coefficient (Wildman–Crippen LogP) is 3.39. The van der Waals surface area contributed by atoms with Crippen molar-refractivity contribution in [3.8, 4) is 11.3 Å². The molecular formula is C13H10FN3S. The first-order chi connectivity index (χ1) is 8.65. The highest BCUT2D eigenvalue weighted by Crippen LogP contribution is 2.30. The zero-order valence-electron chi connectivity index (χ0n) is 9.64. The Balaban J connectivity index is 2.30. The third-order valence-corrected chi connectivity index (χ3v) is 3.59. The van der Waals surface area contributed by atoms with Gasteiger partial charge in [0.15, 0.2) is 0 Å². The molecule has 0 spiro atoms. The first-order valence-electron chi connectivity index (χ1n) is 5.42. The molecule has 0 radical (unpaired) electrons. The molecule has 1 aromatic carbocycles. The van der Waals surface area contributed by atoms with Crippen LogP contribution in [0.1, 0.15) is 5.56 Å². The standard InChI is InChI=1S/C13H10FN3S/c1-7-2-3-8(6-10(7)14)11-9-4-5-18-12(9)17-13(15)16-11/h2-6H,1H3,(H2,15,16,17). The van der Waals surface area contributed by atoms with Crippen molar-refractivity contribution in [2.75, 3.05) is 5.73 Å². The van der Waals surface area contributed by atoms with Crippen molar-refractivity contribution < 1.29 is 4.39 Å². The van der Waals surface area contributed by atoms with E-state index in [4.69, 9.17) is 5.73 Å². The van der Waals surface area contributed by atoms with Crippen LogP contribution in [0.2, 0.25) is 0 Å². The number of nitrogens with zero attached hydrogens (tertiary/aromatic N) is 2. The van der Waals surface area contributed by atoms with E-state index in [0.717, 1.165) is 15.8 Å². The summed E-state index contributed by atoms with van der Waals surface area (Å²) in [6.45, 7) is 1.73. The fourth-order valence-electron chi connectivity index (χ4n) is 1.83. The number of fused-ring (bicyclic) bond motifs is 1. The highest BCUT2D eigenvalue weighted by Gasteiger charge is 2.10. The van der Waals surface area contributed by atoms with E-state index in [1.807, 2.05) is 17.5 Å². The average Bonchev–Trinajstić information content (AvgIpc) is 2.79. The van der Waals surface area contributed by atoms with E-state index in [1.54, 1.807) is 13.0 Å². The molecule has 0 unspecified atom stereocenters. The minimum atomic E-state index is -0.243. The molecule has 0 aliphatic carbocycles. The number of nitrogens with two attached hydrogens (primary N) is 1. The van der Waals surface area contributed by atoms with E-state index >= 15 is 0 Å². The number of aryl methyl sites for hydroxylation is 1. The number of halogens is 1. The van der Waals surface area contributed by atoms with Gasteiger partial charge in [-0.05, 0) is 30.0 Å². The largest absolute Gasteiger partial charge is 0.368 e. The number of anilines is 1. The Hall–Kier alpha value is -2.01. The minimum Gasteiger partial charge on any atom is -0.368 e. The third kappa shape index (κ3) is 1.73. The monoisotopic (exact) mass is 259 g/mol. The fraction of sp³-hybridized carbons (Fsp3) is 0.0769. The topological polar surface area (TPSA) is 51.8 Å². The number of benzene rings is 1. The normalized spacial score (nSPS) is 11.0. The predicted molar refractivity (Wildman–Crippen MR) is 72.0 cm³/mol. The zero-order valence-corrected chi connectivity index (χ0v) is 10.5. The maximum atomic E-state index is 13.6. The smallest absolute Gasteiger partial charge is 0.221 e. The Labute approximate surface area is 107 Å². The highest BCUT2D eigenvalue weighted by atomic mass is 32.1. The molecule has 90 valence electrons. The minimum absolute atomic E-state index is 0.209. The van der Waals surface area contributed by atoms with Crippen molar-refractivity contribution in [1.29, 1.82) is 0 Å². The molecular weight excluding hydrogens is 249 g/mol. The van der Waals surface area contributed by atoms with Gasteiger partial charge in [-0.15, -0.1) is 11.3 Å². The van der Waals surface area contributed by atoms with Crippen LogP contribution < -0.4 is 5.73 Å². The van der Waals surface area contributed by atoms with Crippen LogP contribution >= 0.6 is 11.3 Å². The summed E-state index contributed by atoms with van der Waals surface area (Å²) >= 11 is 1.49. The molecule has 0 aliphatic heterocycles.